The zero-order valence-corrected chi connectivity index (χ0v) is 26.2. The van der Waals surface area contributed by atoms with Crippen LogP contribution >= 0.6 is 15.9 Å². The van der Waals surface area contributed by atoms with Crippen molar-refractivity contribution in [3.8, 4) is 0 Å². The van der Waals surface area contributed by atoms with E-state index in [0.29, 0.717) is 12.1 Å². The fourth-order valence-electron chi connectivity index (χ4n) is 5.16. The Morgan fingerprint density at radius 2 is 1.61 bits per heavy atom. The molecule has 7 nitrogen and oxygen atoms in total. The summed E-state index contributed by atoms with van der Waals surface area (Å²) in [7, 11) is -4.10. The van der Waals surface area contributed by atoms with E-state index in [1.165, 1.54) is 9.21 Å². The molecule has 1 saturated carbocycles. The zero-order chi connectivity index (χ0) is 29.6. The Hall–Kier alpha value is -3.17. The molecular weight excluding hydrogens is 602 g/mol. The normalized spacial score (nSPS) is 14.4. The van der Waals surface area contributed by atoms with Crippen molar-refractivity contribution in [1.29, 1.82) is 0 Å². The quantitative estimate of drug-likeness (QED) is 0.279. The molecule has 0 radical (unpaired) electrons. The second kappa shape index (κ2) is 13.7. The molecule has 2 amide bonds. The number of rotatable bonds is 11. The maximum absolute atomic E-state index is 14.1. The summed E-state index contributed by atoms with van der Waals surface area (Å²) < 4.78 is 30.2. The number of benzene rings is 3. The molecule has 218 valence electrons. The van der Waals surface area contributed by atoms with Gasteiger partial charge in [0.1, 0.15) is 12.6 Å². The summed E-state index contributed by atoms with van der Waals surface area (Å²) in [6.07, 6.45) is 4.59. The number of halogens is 1. The van der Waals surface area contributed by atoms with Crippen LogP contribution < -0.4 is 9.62 Å². The summed E-state index contributed by atoms with van der Waals surface area (Å²) in [4.78, 5) is 29.1. The highest BCUT2D eigenvalue weighted by atomic mass is 79.9. The lowest BCUT2D eigenvalue weighted by Crippen LogP contribution is -2.52. The Bertz CT molecular complexity index is 1450. The first-order valence-corrected chi connectivity index (χ1v) is 16.3. The number of sulfonamides is 1. The molecule has 3 aromatic carbocycles. The van der Waals surface area contributed by atoms with Crippen molar-refractivity contribution in [3.05, 3.63) is 94.0 Å². The number of nitrogens with zero attached hydrogens (tertiary/aromatic N) is 2. The van der Waals surface area contributed by atoms with Crippen LogP contribution in [0, 0.1) is 6.92 Å². The number of amides is 2. The van der Waals surface area contributed by atoms with Crippen molar-refractivity contribution in [2.45, 2.75) is 76.4 Å². The van der Waals surface area contributed by atoms with Gasteiger partial charge in [-0.3, -0.25) is 13.9 Å². The Balaban J connectivity index is 1.71. The van der Waals surface area contributed by atoms with Gasteiger partial charge in [0, 0.05) is 17.1 Å². The van der Waals surface area contributed by atoms with Crippen molar-refractivity contribution < 1.29 is 18.0 Å². The Kier molecular flexibility index (Phi) is 10.3. The van der Waals surface area contributed by atoms with Gasteiger partial charge >= 0.3 is 0 Å². The van der Waals surface area contributed by atoms with Gasteiger partial charge in [0.15, 0.2) is 0 Å². The molecule has 41 heavy (non-hydrogen) atoms. The summed E-state index contributed by atoms with van der Waals surface area (Å²) in [5.41, 5.74) is 3.03. The predicted molar refractivity (Wildman–Crippen MR) is 166 cm³/mol. The lowest BCUT2D eigenvalue weighted by Gasteiger charge is -2.33. The van der Waals surface area contributed by atoms with E-state index in [1.54, 1.807) is 43.3 Å². The summed E-state index contributed by atoms with van der Waals surface area (Å²) in [5.74, 6) is -0.687. The molecule has 0 aromatic heterocycles. The molecule has 3 aromatic rings. The third-order valence-corrected chi connectivity index (χ3v) is 9.97. The van der Waals surface area contributed by atoms with Crippen LogP contribution in [0.1, 0.15) is 56.2 Å². The van der Waals surface area contributed by atoms with Crippen LogP contribution in [0.2, 0.25) is 0 Å². The van der Waals surface area contributed by atoms with Gasteiger partial charge in [0.25, 0.3) is 10.0 Å². The lowest BCUT2D eigenvalue weighted by molar-refractivity contribution is -0.139. The number of hydrogen-bond acceptors (Lipinski definition) is 4. The van der Waals surface area contributed by atoms with Gasteiger partial charge in [0.05, 0.1) is 10.6 Å². The van der Waals surface area contributed by atoms with E-state index in [2.05, 4.69) is 21.2 Å². The largest absolute Gasteiger partial charge is 0.352 e. The first-order chi connectivity index (χ1) is 19.6. The third-order valence-electron chi connectivity index (χ3n) is 7.66. The van der Waals surface area contributed by atoms with Crippen molar-refractivity contribution in [3.63, 3.8) is 0 Å². The summed E-state index contributed by atoms with van der Waals surface area (Å²) in [6.45, 7) is 5.28. The summed E-state index contributed by atoms with van der Waals surface area (Å²) in [6, 6.07) is 20.7. The minimum atomic E-state index is -4.10. The Labute approximate surface area is 252 Å². The zero-order valence-electron chi connectivity index (χ0n) is 23.8. The highest BCUT2D eigenvalue weighted by Gasteiger charge is 2.34. The van der Waals surface area contributed by atoms with Gasteiger partial charge in [-0.25, -0.2) is 8.42 Å². The summed E-state index contributed by atoms with van der Waals surface area (Å²) >= 11 is 3.44. The topological polar surface area (TPSA) is 86.8 Å². The van der Waals surface area contributed by atoms with Gasteiger partial charge in [-0.1, -0.05) is 83.7 Å². The molecule has 1 fully saturated rings. The summed E-state index contributed by atoms with van der Waals surface area (Å²) in [5, 5.41) is 3.10. The van der Waals surface area contributed by atoms with E-state index in [9.17, 15) is 18.0 Å². The number of nitrogens with one attached hydrogen (secondary N) is 1. The van der Waals surface area contributed by atoms with E-state index < -0.39 is 28.5 Å². The van der Waals surface area contributed by atoms with Crippen LogP contribution in [0.4, 0.5) is 5.69 Å². The molecule has 0 heterocycles. The van der Waals surface area contributed by atoms with Gasteiger partial charge in [0.2, 0.25) is 11.8 Å². The monoisotopic (exact) mass is 639 g/mol. The van der Waals surface area contributed by atoms with E-state index in [-0.39, 0.29) is 23.4 Å². The van der Waals surface area contributed by atoms with Gasteiger partial charge in [-0.05, 0) is 74.6 Å². The molecule has 1 aliphatic rings. The first kappa shape index (κ1) is 30.8. The number of carbonyl (C=O) groups is 2. The Morgan fingerprint density at radius 1 is 0.976 bits per heavy atom. The minimum absolute atomic E-state index is 0.101. The molecule has 0 aliphatic heterocycles. The van der Waals surface area contributed by atoms with Crippen LogP contribution in [-0.4, -0.2) is 43.8 Å². The average Bonchev–Trinajstić information content (AvgIpc) is 3.48. The van der Waals surface area contributed by atoms with Crippen LogP contribution in [0.5, 0.6) is 0 Å². The van der Waals surface area contributed by atoms with Gasteiger partial charge in [-0.15, -0.1) is 0 Å². The van der Waals surface area contributed by atoms with Crippen LogP contribution in [-0.2, 0) is 32.6 Å². The van der Waals surface area contributed by atoms with E-state index in [1.807, 2.05) is 50.2 Å². The van der Waals surface area contributed by atoms with E-state index >= 15 is 0 Å². The maximum atomic E-state index is 14.1. The fourth-order valence-corrected chi connectivity index (χ4v) is 6.88. The van der Waals surface area contributed by atoms with Crippen molar-refractivity contribution >= 4 is 43.5 Å². The number of anilines is 1. The highest BCUT2D eigenvalue weighted by molar-refractivity contribution is 9.10. The van der Waals surface area contributed by atoms with Crippen LogP contribution in [0.3, 0.4) is 0 Å². The minimum Gasteiger partial charge on any atom is -0.352 e. The first-order valence-electron chi connectivity index (χ1n) is 14.1. The predicted octanol–water partition coefficient (Wildman–Crippen LogP) is 5.99. The van der Waals surface area contributed by atoms with Crippen molar-refractivity contribution in [1.82, 2.24) is 10.2 Å². The number of hydrogen-bond donors (Lipinski definition) is 1. The third kappa shape index (κ3) is 7.57. The number of aryl methyl sites for hydroxylation is 2. The van der Waals surface area contributed by atoms with E-state index in [4.69, 9.17) is 0 Å². The molecule has 0 unspecified atom stereocenters. The van der Waals surface area contributed by atoms with Crippen molar-refractivity contribution in [2.75, 3.05) is 10.8 Å². The average molecular weight is 641 g/mol. The standard InChI is InChI=1S/C32H38BrN3O4S/c1-4-26-9-5-8-12-30(26)36(41(39,40)29-19-13-23(2)14-20-29)22-31(37)35(21-25-15-17-27(33)18-16-25)24(3)32(38)34-28-10-6-7-11-28/h5,8-9,12-20,24,28H,4,6-7,10-11,21-22H2,1-3H3,(H,34,38)/t24-/m0/s1. The van der Waals surface area contributed by atoms with Crippen LogP contribution in [0.15, 0.2) is 82.2 Å². The molecule has 0 bridgehead atoms. The van der Waals surface area contributed by atoms with Crippen LogP contribution in [0.25, 0.3) is 0 Å². The SMILES string of the molecule is CCc1ccccc1N(CC(=O)N(Cc1ccc(Br)cc1)[C@@H](C)C(=O)NC1CCCC1)S(=O)(=O)c1ccc(C)cc1. The molecule has 1 aliphatic carbocycles. The smallest absolute Gasteiger partial charge is 0.264 e. The molecule has 1 atom stereocenters. The molecule has 4 rings (SSSR count). The second-order valence-corrected chi connectivity index (χ2v) is 13.4. The molecule has 0 spiro atoms. The molecule has 0 saturated heterocycles. The second-order valence-electron chi connectivity index (χ2n) is 10.6. The number of carbonyl (C=O) groups excluding carboxylic acids is 2. The molecular formula is C32H38BrN3O4S. The van der Waals surface area contributed by atoms with E-state index in [0.717, 1.165) is 46.8 Å². The molecule has 9 heteroatoms. The highest BCUT2D eigenvalue weighted by Crippen LogP contribution is 2.28. The number of para-hydroxylation sites is 1. The van der Waals surface area contributed by atoms with Gasteiger partial charge in [-0.2, -0.15) is 0 Å². The maximum Gasteiger partial charge on any atom is 0.264 e. The van der Waals surface area contributed by atoms with Gasteiger partial charge < -0.3 is 10.2 Å². The lowest BCUT2D eigenvalue weighted by atomic mass is 10.1. The molecule has 1 N–H and O–H groups in total. The van der Waals surface area contributed by atoms with Crippen molar-refractivity contribution in [2.24, 2.45) is 0 Å². The fraction of sp³-hybridized carbons (Fsp3) is 0.375. The Morgan fingerprint density at radius 3 is 2.24 bits per heavy atom.